The van der Waals surface area contributed by atoms with E-state index in [0.717, 1.165) is 35.8 Å². The number of carbonyl (C=O) groups is 1. The van der Waals surface area contributed by atoms with Gasteiger partial charge in [0.15, 0.2) is 0 Å². The summed E-state index contributed by atoms with van der Waals surface area (Å²) in [4.78, 5) is 12.8. The number of amides is 1. The number of thiophene rings is 1. The molecule has 1 aromatic heterocycles. The van der Waals surface area contributed by atoms with Gasteiger partial charge in [0.2, 0.25) is 0 Å². The van der Waals surface area contributed by atoms with Crippen molar-refractivity contribution in [2.75, 3.05) is 0 Å². The predicted molar refractivity (Wildman–Crippen MR) is 77.5 cm³/mol. The zero-order valence-corrected chi connectivity index (χ0v) is 11.8. The third-order valence-corrected chi connectivity index (χ3v) is 4.83. The van der Waals surface area contributed by atoms with Crippen LogP contribution in [0.5, 0.6) is 0 Å². The van der Waals surface area contributed by atoms with Crippen LogP contribution in [-0.2, 0) is 0 Å². The zero-order valence-electron chi connectivity index (χ0n) is 10.9. The first-order valence-corrected chi connectivity index (χ1v) is 7.61. The van der Waals surface area contributed by atoms with Crippen molar-refractivity contribution in [1.82, 2.24) is 5.32 Å². The molecule has 0 unspecified atom stereocenters. The first-order chi connectivity index (χ1) is 9.61. The van der Waals surface area contributed by atoms with Gasteiger partial charge in [-0.2, -0.15) is 0 Å². The third-order valence-electron chi connectivity index (χ3n) is 3.74. The van der Waals surface area contributed by atoms with Crippen LogP contribution in [0.3, 0.4) is 0 Å². The number of benzene rings is 1. The molecule has 2 aromatic rings. The lowest BCUT2D eigenvalue weighted by Crippen LogP contribution is -2.38. The Kier molecular flexibility index (Phi) is 3.72. The maximum Gasteiger partial charge on any atom is 0.261 e. The van der Waals surface area contributed by atoms with E-state index in [0.29, 0.717) is 4.88 Å². The second-order valence-corrected chi connectivity index (χ2v) is 6.36. The van der Waals surface area contributed by atoms with Crippen molar-refractivity contribution in [2.45, 2.75) is 37.8 Å². The lowest BCUT2D eigenvalue weighted by molar-refractivity contribution is 0.0871. The van der Waals surface area contributed by atoms with Crippen molar-refractivity contribution in [3.63, 3.8) is 0 Å². The van der Waals surface area contributed by atoms with Crippen LogP contribution in [0.2, 0.25) is 0 Å². The maximum atomic E-state index is 13.1. The average Bonchev–Trinajstić information content (AvgIpc) is 2.84. The monoisotopic (exact) mass is 293 g/mol. The molecular weight excluding hydrogens is 277 g/mol. The van der Waals surface area contributed by atoms with Crippen LogP contribution >= 0.6 is 11.3 Å². The summed E-state index contributed by atoms with van der Waals surface area (Å²) < 4.78 is 13.9. The Balaban J connectivity index is 1.72. The Hall–Kier alpha value is -1.46. The second kappa shape index (κ2) is 5.50. The number of carbonyl (C=O) groups excluding carboxylic acids is 1. The Morgan fingerprint density at radius 1 is 1.25 bits per heavy atom. The molecular formula is C15H16FNO2S. The van der Waals surface area contributed by atoms with E-state index in [1.807, 2.05) is 0 Å². The zero-order chi connectivity index (χ0) is 14.1. The minimum absolute atomic E-state index is 0.104. The maximum absolute atomic E-state index is 13.1. The van der Waals surface area contributed by atoms with Crippen molar-refractivity contribution in [3.8, 4) is 0 Å². The van der Waals surface area contributed by atoms with Gasteiger partial charge in [-0.3, -0.25) is 4.79 Å². The summed E-state index contributed by atoms with van der Waals surface area (Å²) in [7, 11) is 0. The van der Waals surface area contributed by atoms with E-state index in [-0.39, 0.29) is 23.9 Å². The van der Waals surface area contributed by atoms with E-state index in [1.165, 1.54) is 23.5 Å². The standard InChI is InChI=1S/C15H16FNO2S/c16-10-2-1-9-7-14(20-13(9)8-10)15(19)17-11-3-5-12(18)6-4-11/h1-2,7-8,11-12,18H,3-6H2,(H,17,19). The average molecular weight is 293 g/mol. The lowest BCUT2D eigenvalue weighted by atomic mass is 9.93. The molecule has 1 aliphatic rings. The molecule has 3 rings (SSSR count). The summed E-state index contributed by atoms with van der Waals surface area (Å²) in [6.45, 7) is 0. The van der Waals surface area contributed by atoms with Crippen LogP contribution in [0.4, 0.5) is 4.39 Å². The molecule has 0 atom stereocenters. The summed E-state index contributed by atoms with van der Waals surface area (Å²) in [5.41, 5.74) is 0. The number of rotatable bonds is 2. The van der Waals surface area contributed by atoms with Gasteiger partial charge < -0.3 is 10.4 Å². The Labute approximate surface area is 120 Å². The fourth-order valence-electron chi connectivity index (χ4n) is 2.59. The predicted octanol–water partition coefficient (Wildman–Crippen LogP) is 3.07. The van der Waals surface area contributed by atoms with Gasteiger partial charge in [-0.25, -0.2) is 4.39 Å². The molecule has 0 bridgehead atoms. The van der Waals surface area contributed by atoms with Gasteiger partial charge in [-0.05, 0) is 49.3 Å². The van der Waals surface area contributed by atoms with E-state index in [9.17, 15) is 14.3 Å². The first-order valence-electron chi connectivity index (χ1n) is 6.80. The summed E-state index contributed by atoms with van der Waals surface area (Å²) in [5.74, 6) is -0.388. The molecule has 2 N–H and O–H groups in total. The second-order valence-electron chi connectivity index (χ2n) is 5.27. The van der Waals surface area contributed by atoms with Crippen molar-refractivity contribution >= 4 is 27.3 Å². The summed E-state index contributed by atoms with van der Waals surface area (Å²) in [6.07, 6.45) is 2.87. The van der Waals surface area contributed by atoms with Gasteiger partial charge in [0.1, 0.15) is 5.82 Å². The van der Waals surface area contributed by atoms with Crippen LogP contribution in [0.25, 0.3) is 10.1 Å². The molecule has 1 aliphatic carbocycles. The van der Waals surface area contributed by atoms with Gasteiger partial charge in [0.25, 0.3) is 5.91 Å². The van der Waals surface area contributed by atoms with Crippen LogP contribution in [0.15, 0.2) is 24.3 Å². The Bertz CT molecular complexity index is 632. The molecule has 1 fully saturated rings. The third kappa shape index (κ3) is 2.83. The fraction of sp³-hybridized carbons (Fsp3) is 0.400. The minimum Gasteiger partial charge on any atom is -0.393 e. The largest absolute Gasteiger partial charge is 0.393 e. The highest BCUT2D eigenvalue weighted by molar-refractivity contribution is 7.20. The van der Waals surface area contributed by atoms with Gasteiger partial charge in [-0.1, -0.05) is 6.07 Å². The fourth-order valence-corrected chi connectivity index (χ4v) is 3.58. The smallest absolute Gasteiger partial charge is 0.261 e. The first kappa shape index (κ1) is 13.5. The van der Waals surface area contributed by atoms with Crippen molar-refractivity contribution in [2.24, 2.45) is 0 Å². The molecule has 5 heteroatoms. The Morgan fingerprint density at radius 3 is 2.75 bits per heavy atom. The number of aliphatic hydroxyl groups is 1. The lowest BCUT2D eigenvalue weighted by Gasteiger charge is -2.25. The number of aliphatic hydroxyl groups excluding tert-OH is 1. The molecule has 0 spiro atoms. The normalized spacial score (nSPS) is 22.9. The molecule has 1 saturated carbocycles. The van der Waals surface area contributed by atoms with Crippen LogP contribution in [0.1, 0.15) is 35.4 Å². The topological polar surface area (TPSA) is 49.3 Å². The van der Waals surface area contributed by atoms with Crippen LogP contribution in [-0.4, -0.2) is 23.2 Å². The van der Waals surface area contributed by atoms with E-state index in [4.69, 9.17) is 0 Å². The molecule has 0 aliphatic heterocycles. The molecule has 1 heterocycles. The minimum atomic E-state index is -0.285. The van der Waals surface area contributed by atoms with Crippen molar-refractivity contribution in [1.29, 1.82) is 0 Å². The van der Waals surface area contributed by atoms with E-state index >= 15 is 0 Å². The molecule has 20 heavy (non-hydrogen) atoms. The summed E-state index contributed by atoms with van der Waals surface area (Å²) in [5, 5.41) is 13.3. The molecule has 0 radical (unpaired) electrons. The quantitative estimate of drug-likeness (QED) is 0.894. The molecule has 3 nitrogen and oxygen atoms in total. The van der Waals surface area contributed by atoms with Crippen LogP contribution in [0, 0.1) is 5.82 Å². The molecule has 1 aromatic carbocycles. The highest BCUT2D eigenvalue weighted by Crippen LogP contribution is 2.27. The van der Waals surface area contributed by atoms with E-state index in [1.54, 1.807) is 12.1 Å². The number of fused-ring (bicyclic) bond motifs is 1. The van der Waals surface area contributed by atoms with Crippen molar-refractivity contribution < 1.29 is 14.3 Å². The molecule has 0 saturated heterocycles. The SMILES string of the molecule is O=C(NC1CCC(O)CC1)c1cc2ccc(F)cc2s1. The van der Waals surface area contributed by atoms with E-state index in [2.05, 4.69) is 5.32 Å². The molecule has 1 amide bonds. The highest BCUT2D eigenvalue weighted by Gasteiger charge is 2.22. The highest BCUT2D eigenvalue weighted by atomic mass is 32.1. The number of halogens is 1. The van der Waals surface area contributed by atoms with E-state index < -0.39 is 0 Å². The van der Waals surface area contributed by atoms with Gasteiger partial charge in [-0.15, -0.1) is 11.3 Å². The number of nitrogens with one attached hydrogen (secondary N) is 1. The van der Waals surface area contributed by atoms with Gasteiger partial charge in [0.05, 0.1) is 11.0 Å². The molecule has 106 valence electrons. The number of hydrogen-bond donors (Lipinski definition) is 2. The summed E-state index contributed by atoms with van der Waals surface area (Å²) >= 11 is 1.31. The Morgan fingerprint density at radius 2 is 2.00 bits per heavy atom. The van der Waals surface area contributed by atoms with Gasteiger partial charge in [0, 0.05) is 10.7 Å². The van der Waals surface area contributed by atoms with Crippen LogP contribution < -0.4 is 5.32 Å². The summed E-state index contributed by atoms with van der Waals surface area (Å²) in [6, 6.07) is 6.47. The number of hydrogen-bond acceptors (Lipinski definition) is 3. The van der Waals surface area contributed by atoms with Crippen molar-refractivity contribution in [3.05, 3.63) is 35.0 Å². The van der Waals surface area contributed by atoms with Gasteiger partial charge >= 0.3 is 0 Å².